The van der Waals surface area contributed by atoms with Gasteiger partial charge >= 0.3 is 0 Å². The van der Waals surface area contributed by atoms with Crippen LogP contribution in [-0.4, -0.2) is 40.4 Å². The molecular formula is C18H21N5O4. The third-order valence-electron chi connectivity index (χ3n) is 4.17. The van der Waals surface area contributed by atoms with Crippen molar-refractivity contribution in [2.45, 2.75) is 38.6 Å². The molecule has 142 valence electrons. The van der Waals surface area contributed by atoms with E-state index in [4.69, 9.17) is 4.52 Å². The minimum atomic E-state index is -0.753. The van der Waals surface area contributed by atoms with E-state index in [-0.39, 0.29) is 30.6 Å². The monoisotopic (exact) mass is 371 g/mol. The molecule has 0 aliphatic carbocycles. The lowest BCUT2D eigenvalue weighted by molar-refractivity contribution is -0.121. The molecule has 0 spiro atoms. The Labute approximate surface area is 155 Å². The third-order valence-corrected chi connectivity index (χ3v) is 4.17. The molecule has 2 heterocycles. The van der Waals surface area contributed by atoms with Crippen LogP contribution in [0.25, 0.3) is 0 Å². The van der Waals surface area contributed by atoms with Crippen molar-refractivity contribution in [3.63, 3.8) is 0 Å². The first kappa shape index (κ1) is 18.6. The molecule has 1 aliphatic rings. The summed E-state index contributed by atoms with van der Waals surface area (Å²) in [7, 11) is 0. The predicted molar refractivity (Wildman–Crippen MR) is 95.9 cm³/mol. The summed E-state index contributed by atoms with van der Waals surface area (Å²) in [6.45, 7) is 2.21. The number of carbonyl (C=O) groups excluding carboxylic acids is 3. The van der Waals surface area contributed by atoms with E-state index in [1.54, 1.807) is 31.2 Å². The molecule has 0 saturated heterocycles. The number of aryl methyl sites for hydroxylation is 2. The van der Waals surface area contributed by atoms with E-state index in [0.29, 0.717) is 42.4 Å². The third kappa shape index (κ3) is 4.90. The molecule has 0 unspecified atom stereocenters. The van der Waals surface area contributed by atoms with Crippen LogP contribution in [0.2, 0.25) is 0 Å². The van der Waals surface area contributed by atoms with E-state index in [1.807, 2.05) is 0 Å². The van der Waals surface area contributed by atoms with Gasteiger partial charge in [-0.3, -0.25) is 14.4 Å². The molecule has 0 fully saturated rings. The Balaban J connectivity index is 1.42. The molecule has 1 atom stereocenters. The molecule has 3 N–H and O–H groups in total. The SMILES string of the molecule is Cc1noc(CCCNC(=O)CC[C@@H]2NC(=O)c3ccccc3NC2=O)n1. The van der Waals surface area contributed by atoms with Crippen molar-refractivity contribution in [1.82, 2.24) is 20.8 Å². The lowest BCUT2D eigenvalue weighted by atomic mass is 10.1. The fourth-order valence-electron chi connectivity index (χ4n) is 2.79. The molecule has 2 aromatic rings. The van der Waals surface area contributed by atoms with Gasteiger partial charge in [-0.25, -0.2) is 0 Å². The van der Waals surface area contributed by atoms with Crippen molar-refractivity contribution in [3.05, 3.63) is 41.5 Å². The Morgan fingerprint density at radius 3 is 2.89 bits per heavy atom. The molecule has 1 aromatic carbocycles. The number of hydrogen-bond acceptors (Lipinski definition) is 6. The molecule has 27 heavy (non-hydrogen) atoms. The minimum Gasteiger partial charge on any atom is -0.356 e. The summed E-state index contributed by atoms with van der Waals surface area (Å²) >= 11 is 0. The minimum absolute atomic E-state index is 0.133. The van der Waals surface area contributed by atoms with E-state index < -0.39 is 6.04 Å². The number of rotatable bonds is 7. The van der Waals surface area contributed by atoms with Crippen LogP contribution in [0, 0.1) is 6.92 Å². The Hall–Kier alpha value is -3.23. The van der Waals surface area contributed by atoms with E-state index in [9.17, 15) is 14.4 Å². The molecular weight excluding hydrogens is 350 g/mol. The molecule has 1 aromatic heterocycles. The lowest BCUT2D eigenvalue weighted by Gasteiger charge is -2.14. The predicted octanol–water partition coefficient (Wildman–Crippen LogP) is 0.958. The van der Waals surface area contributed by atoms with Crippen LogP contribution in [0.15, 0.2) is 28.8 Å². The Bertz CT molecular complexity index is 848. The highest BCUT2D eigenvalue weighted by atomic mass is 16.5. The van der Waals surface area contributed by atoms with Crippen molar-refractivity contribution < 1.29 is 18.9 Å². The first-order valence-corrected chi connectivity index (χ1v) is 8.79. The maximum absolute atomic E-state index is 12.3. The molecule has 0 saturated carbocycles. The first-order chi connectivity index (χ1) is 13.0. The van der Waals surface area contributed by atoms with Gasteiger partial charge in [0.1, 0.15) is 6.04 Å². The molecule has 3 amide bonds. The number of fused-ring (bicyclic) bond motifs is 1. The topological polar surface area (TPSA) is 126 Å². The van der Waals surface area contributed by atoms with Gasteiger partial charge in [0, 0.05) is 19.4 Å². The van der Waals surface area contributed by atoms with Crippen molar-refractivity contribution >= 4 is 23.4 Å². The van der Waals surface area contributed by atoms with Gasteiger partial charge in [-0.05, 0) is 31.9 Å². The first-order valence-electron chi connectivity index (χ1n) is 8.79. The van der Waals surface area contributed by atoms with Crippen LogP contribution < -0.4 is 16.0 Å². The van der Waals surface area contributed by atoms with Crippen LogP contribution in [-0.2, 0) is 16.0 Å². The zero-order valence-corrected chi connectivity index (χ0v) is 14.9. The van der Waals surface area contributed by atoms with Crippen molar-refractivity contribution in [2.75, 3.05) is 11.9 Å². The van der Waals surface area contributed by atoms with Crippen LogP contribution in [0.4, 0.5) is 5.69 Å². The average Bonchev–Trinajstić information content (AvgIpc) is 3.02. The zero-order chi connectivity index (χ0) is 19.2. The fourth-order valence-corrected chi connectivity index (χ4v) is 2.79. The molecule has 3 rings (SSSR count). The number of hydrogen-bond donors (Lipinski definition) is 3. The summed E-state index contributed by atoms with van der Waals surface area (Å²) in [6, 6.07) is 6.04. The van der Waals surface area contributed by atoms with Gasteiger partial charge in [0.25, 0.3) is 5.91 Å². The Morgan fingerprint density at radius 1 is 1.30 bits per heavy atom. The Kier molecular flexibility index (Phi) is 5.80. The van der Waals surface area contributed by atoms with E-state index in [1.165, 1.54) is 0 Å². The van der Waals surface area contributed by atoms with Crippen LogP contribution in [0.5, 0.6) is 0 Å². The van der Waals surface area contributed by atoms with E-state index in [2.05, 4.69) is 26.1 Å². The highest BCUT2D eigenvalue weighted by Crippen LogP contribution is 2.19. The van der Waals surface area contributed by atoms with Gasteiger partial charge in [-0.2, -0.15) is 4.98 Å². The quantitative estimate of drug-likeness (QED) is 0.622. The second-order valence-corrected chi connectivity index (χ2v) is 6.29. The van der Waals surface area contributed by atoms with Gasteiger partial charge in [0.2, 0.25) is 17.7 Å². The van der Waals surface area contributed by atoms with Gasteiger partial charge < -0.3 is 20.5 Å². The van der Waals surface area contributed by atoms with Crippen molar-refractivity contribution in [1.29, 1.82) is 0 Å². The number of nitrogens with one attached hydrogen (secondary N) is 3. The van der Waals surface area contributed by atoms with Gasteiger partial charge in [0.05, 0.1) is 11.3 Å². The molecule has 0 bridgehead atoms. The van der Waals surface area contributed by atoms with Crippen molar-refractivity contribution in [2.24, 2.45) is 0 Å². The highest BCUT2D eigenvalue weighted by molar-refractivity contribution is 6.09. The highest BCUT2D eigenvalue weighted by Gasteiger charge is 2.27. The maximum Gasteiger partial charge on any atom is 0.254 e. The second kappa shape index (κ2) is 8.43. The number of amides is 3. The zero-order valence-electron chi connectivity index (χ0n) is 14.9. The van der Waals surface area contributed by atoms with E-state index >= 15 is 0 Å². The number of carbonyl (C=O) groups is 3. The normalized spacial score (nSPS) is 16.1. The molecule has 9 heteroatoms. The summed E-state index contributed by atoms with van der Waals surface area (Å²) in [4.78, 5) is 40.6. The summed E-state index contributed by atoms with van der Waals surface area (Å²) < 4.78 is 5.00. The molecule has 0 radical (unpaired) electrons. The number of nitrogens with zero attached hydrogens (tertiary/aromatic N) is 2. The number of benzene rings is 1. The lowest BCUT2D eigenvalue weighted by Crippen LogP contribution is -2.42. The number of aromatic nitrogens is 2. The summed E-state index contributed by atoms with van der Waals surface area (Å²) in [5.41, 5.74) is 0.886. The molecule has 1 aliphatic heterocycles. The second-order valence-electron chi connectivity index (χ2n) is 6.29. The summed E-state index contributed by atoms with van der Waals surface area (Å²) in [5.74, 6) is 0.289. The van der Waals surface area contributed by atoms with Crippen LogP contribution in [0.3, 0.4) is 0 Å². The number of para-hydroxylation sites is 1. The largest absolute Gasteiger partial charge is 0.356 e. The van der Waals surface area contributed by atoms with E-state index in [0.717, 1.165) is 0 Å². The number of anilines is 1. The molecule has 9 nitrogen and oxygen atoms in total. The maximum atomic E-state index is 12.3. The van der Waals surface area contributed by atoms with Crippen LogP contribution in [0.1, 0.15) is 41.3 Å². The summed E-state index contributed by atoms with van der Waals surface area (Å²) in [5, 5.41) is 11.9. The fraction of sp³-hybridized carbons (Fsp3) is 0.389. The summed E-state index contributed by atoms with van der Waals surface area (Å²) in [6.07, 6.45) is 1.61. The van der Waals surface area contributed by atoms with Gasteiger partial charge in [0.15, 0.2) is 5.82 Å². The van der Waals surface area contributed by atoms with Crippen molar-refractivity contribution in [3.8, 4) is 0 Å². The average molecular weight is 371 g/mol. The Morgan fingerprint density at radius 2 is 2.11 bits per heavy atom. The van der Waals surface area contributed by atoms with Crippen LogP contribution >= 0.6 is 0 Å². The smallest absolute Gasteiger partial charge is 0.254 e. The van der Waals surface area contributed by atoms with Gasteiger partial charge in [-0.15, -0.1) is 0 Å². The standard InChI is InChI=1S/C18H21N5O4/c1-11-20-16(27-23-11)7-4-10-19-15(24)9-8-14-18(26)21-13-6-3-2-5-12(13)17(25)22-14/h2-3,5-6,14H,4,7-10H2,1H3,(H,19,24)(H,21,26)(H,22,25)/t14-/m0/s1. The van der Waals surface area contributed by atoms with Gasteiger partial charge in [-0.1, -0.05) is 17.3 Å².